The summed E-state index contributed by atoms with van der Waals surface area (Å²) in [6, 6.07) is -0.450. The number of halogens is 2. The maximum Gasteiger partial charge on any atom is 0.251 e. The van der Waals surface area contributed by atoms with E-state index >= 15 is 0 Å². The van der Waals surface area contributed by atoms with E-state index in [1.807, 2.05) is 0 Å². The highest BCUT2D eigenvalue weighted by Gasteiger charge is 2.26. The smallest absolute Gasteiger partial charge is 0.251 e. The zero-order valence-electron chi connectivity index (χ0n) is 10.7. The van der Waals surface area contributed by atoms with Gasteiger partial charge in [-0.05, 0) is 19.8 Å². The molecule has 0 heterocycles. The molecule has 1 atom stereocenters. The summed E-state index contributed by atoms with van der Waals surface area (Å²) in [6.07, 6.45) is 1.65. The Kier molecular flexibility index (Phi) is 6.49. The third-order valence-corrected chi connectivity index (χ3v) is 3.39. The van der Waals surface area contributed by atoms with Crippen LogP contribution in [-0.4, -0.2) is 54.1 Å². The van der Waals surface area contributed by atoms with Crippen LogP contribution in [0, 0.1) is 0 Å². The molecule has 0 spiro atoms. The lowest BCUT2D eigenvalue weighted by Crippen LogP contribution is -2.49. The maximum absolute atomic E-state index is 12.4. The van der Waals surface area contributed by atoms with E-state index in [-0.39, 0.29) is 25.1 Å². The van der Waals surface area contributed by atoms with Gasteiger partial charge in [0.1, 0.15) is 0 Å². The molecule has 1 amide bonds. The van der Waals surface area contributed by atoms with Crippen molar-refractivity contribution < 1.29 is 18.7 Å². The van der Waals surface area contributed by atoms with Crippen molar-refractivity contribution in [3.8, 4) is 0 Å². The molecule has 1 fully saturated rings. The number of aliphatic hydroxyl groups excluding tert-OH is 1. The first-order chi connectivity index (χ1) is 8.54. The molecule has 6 heteroatoms. The predicted molar refractivity (Wildman–Crippen MR) is 64.5 cm³/mol. The molecule has 1 aliphatic carbocycles. The standard InChI is InChI=1S/C12H22F2N2O2/c1-9(16(6-7-17)8-11(13)14)12(18)15-10-4-2-3-5-10/h9-11,17H,2-8H2,1H3,(H,15,18). The summed E-state index contributed by atoms with van der Waals surface area (Å²) in [6.45, 7) is 0.972. The van der Waals surface area contributed by atoms with Gasteiger partial charge in [0.2, 0.25) is 5.91 Å². The number of hydrogen-bond acceptors (Lipinski definition) is 3. The molecule has 0 aromatic heterocycles. The van der Waals surface area contributed by atoms with Crippen molar-refractivity contribution in [2.75, 3.05) is 19.7 Å². The average Bonchev–Trinajstić information content (AvgIpc) is 2.79. The number of alkyl halides is 2. The Morgan fingerprint density at radius 3 is 2.56 bits per heavy atom. The number of rotatable bonds is 7. The molecule has 0 bridgehead atoms. The van der Waals surface area contributed by atoms with Gasteiger partial charge < -0.3 is 10.4 Å². The second kappa shape index (κ2) is 7.63. The number of amides is 1. The predicted octanol–water partition coefficient (Wildman–Crippen LogP) is 0.993. The largest absolute Gasteiger partial charge is 0.395 e. The molecule has 2 N–H and O–H groups in total. The molecule has 1 aliphatic rings. The minimum absolute atomic E-state index is 0.0869. The summed E-state index contributed by atoms with van der Waals surface area (Å²) < 4.78 is 24.8. The van der Waals surface area contributed by atoms with E-state index in [2.05, 4.69) is 5.32 Å². The average molecular weight is 264 g/mol. The molecule has 1 saturated carbocycles. The fraction of sp³-hybridized carbons (Fsp3) is 0.917. The van der Waals surface area contributed by atoms with Gasteiger partial charge >= 0.3 is 0 Å². The Morgan fingerprint density at radius 2 is 2.06 bits per heavy atom. The number of nitrogens with zero attached hydrogens (tertiary/aromatic N) is 1. The topological polar surface area (TPSA) is 52.6 Å². The molecule has 4 nitrogen and oxygen atoms in total. The van der Waals surface area contributed by atoms with Gasteiger partial charge in [-0.25, -0.2) is 8.78 Å². The van der Waals surface area contributed by atoms with Crippen LogP contribution in [0.1, 0.15) is 32.6 Å². The minimum Gasteiger partial charge on any atom is -0.395 e. The van der Waals surface area contributed by atoms with Crippen molar-refractivity contribution in [2.24, 2.45) is 0 Å². The van der Waals surface area contributed by atoms with Crippen LogP contribution in [0.3, 0.4) is 0 Å². The molecule has 0 radical (unpaired) electrons. The molecule has 106 valence electrons. The normalized spacial score (nSPS) is 18.6. The molecule has 0 saturated heterocycles. The SMILES string of the molecule is CC(C(=O)NC1CCCC1)N(CCO)CC(F)F. The molecule has 0 aromatic carbocycles. The van der Waals surface area contributed by atoms with Crippen molar-refractivity contribution in [1.82, 2.24) is 10.2 Å². The lowest BCUT2D eigenvalue weighted by atomic mass is 10.2. The molecular weight excluding hydrogens is 242 g/mol. The summed E-state index contributed by atoms with van der Waals surface area (Å²) in [4.78, 5) is 13.2. The van der Waals surface area contributed by atoms with Crippen molar-refractivity contribution in [3.63, 3.8) is 0 Å². The van der Waals surface area contributed by atoms with E-state index in [0.717, 1.165) is 25.7 Å². The van der Waals surface area contributed by atoms with E-state index in [4.69, 9.17) is 5.11 Å². The molecular formula is C12H22F2N2O2. The van der Waals surface area contributed by atoms with Crippen LogP contribution in [0.5, 0.6) is 0 Å². The molecule has 0 aromatic rings. The fourth-order valence-electron chi connectivity index (χ4n) is 2.31. The summed E-state index contributed by atoms with van der Waals surface area (Å²) in [7, 11) is 0. The van der Waals surface area contributed by atoms with Gasteiger partial charge in [-0.3, -0.25) is 9.69 Å². The van der Waals surface area contributed by atoms with Crippen LogP contribution in [0.2, 0.25) is 0 Å². The van der Waals surface area contributed by atoms with Crippen molar-refractivity contribution in [2.45, 2.75) is 51.1 Å². The summed E-state index contributed by atoms with van der Waals surface area (Å²) in [5.41, 5.74) is 0. The Labute approximate surface area is 106 Å². The second-order valence-corrected chi connectivity index (χ2v) is 4.78. The van der Waals surface area contributed by atoms with Gasteiger partial charge in [0, 0.05) is 12.6 Å². The highest BCUT2D eigenvalue weighted by molar-refractivity contribution is 5.81. The lowest BCUT2D eigenvalue weighted by Gasteiger charge is -2.28. The van der Waals surface area contributed by atoms with Crippen LogP contribution in [0.4, 0.5) is 8.78 Å². The molecule has 18 heavy (non-hydrogen) atoms. The van der Waals surface area contributed by atoms with E-state index in [1.165, 1.54) is 4.90 Å². The van der Waals surface area contributed by atoms with Crippen LogP contribution >= 0.6 is 0 Å². The lowest BCUT2D eigenvalue weighted by molar-refractivity contribution is -0.127. The van der Waals surface area contributed by atoms with E-state index < -0.39 is 19.0 Å². The zero-order chi connectivity index (χ0) is 13.5. The van der Waals surface area contributed by atoms with Crippen LogP contribution in [-0.2, 0) is 4.79 Å². The van der Waals surface area contributed by atoms with Crippen molar-refractivity contribution >= 4 is 5.91 Å². The highest BCUT2D eigenvalue weighted by Crippen LogP contribution is 2.18. The quantitative estimate of drug-likeness (QED) is 0.721. The Hall–Kier alpha value is -0.750. The van der Waals surface area contributed by atoms with Crippen LogP contribution in [0.15, 0.2) is 0 Å². The number of carbonyl (C=O) groups is 1. The Morgan fingerprint density at radius 1 is 1.44 bits per heavy atom. The third-order valence-electron chi connectivity index (χ3n) is 3.39. The maximum atomic E-state index is 12.4. The molecule has 1 rings (SSSR count). The highest BCUT2D eigenvalue weighted by atomic mass is 19.3. The monoisotopic (exact) mass is 264 g/mol. The first-order valence-corrected chi connectivity index (χ1v) is 6.48. The fourth-order valence-corrected chi connectivity index (χ4v) is 2.31. The summed E-state index contributed by atoms with van der Waals surface area (Å²) in [5, 5.41) is 11.7. The van der Waals surface area contributed by atoms with Gasteiger partial charge in [-0.1, -0.05) is 12.8 Å². The van der Waals surface area contributed by atoms with Gasteiger partial charge in [0.25, 0.3) is 6.43 Å². The summed E-state index contributed by atoms with van der Waals surface area (Å²) >= 11 is 0. The van der Waals surface area contributed by atoms with Gasteiger partial charge in [-0.2, -0.15) is 0 Å². The van der Waals surface area contributed by atoms with Crippen LogP contribution in [0.25, 0.3) is 0 Å². The third kappa shape index (κ3) is 4.86. The van der Waals surface area contributed by atoms with E-state index in [0.29, 0.717) is 0 Å². The second-order valence-electron chi connectivity index (χ2n) is 4.78. The van der Waals surface area contributed by atoms with E-state index in [1.54, 1.807) is 6.92 Å². The van der Waals surface area contributed by atoms with Gasteiger partial charge in [0.15, 0.2) is 0 Å². The number of nitrogens with one attached hydrogen (secondary N) is 1. The first-order valence-electron chi connectivity index (χ1n) is 6.48. The minimum atomic E-state index is -2.50. The van der Waals surface area contributed by atoms with Crippen molar-refractivity contribution in [3.05, 3.63) is 0 Å². The Bertz CT molecular complexity index is 258. The molecule has 1 unspecified atom stereocenters. The van der Waals surface area contributed by atoms with Crippen molar-refractivity contribution in [1.29, 1.82) is 0 Å². The van der Waals surface area contributed by atoms with E-state index in [9.17, 15) is 13.6 Å². The zero-order valence-corrected chi connectivity index (χ0v) is 10.7. The molecule has 0 aliphatic heterocycles. The number of aliphatic hydroxyl groups is 1. The van der Waals surface area contributed by atoms with Gasteiger partial charge in [-0.15, -0.1) is 0 Å². The Balaban J connectivity index is 2.46. The number of carbonyl (C=O) groups excluding carboxylic acids is 1. The summed E-state index contributed by atoms with van der Waals surface area (Å²) in [5.74, 6) is -0.226. The van der Waals surface area contributed by atoms with Gasteiger partial charge in [0.05, 0.1) is 19.2 Å². The van der Waals surface area contributed by atoms with Crippen LogP contribution < -0.4 is 5.32 Å². The first kappa shape index (κ1) is 15.3. The number of hydrogen-bond donors (Lipinski definition) is 2.